The van der Waals surface area contributed by atoms with E-state index in [0.29, 0.717) is 6.42 Å². The molecule has 0 radical (unpaired) electrons. The van der Waals surface area contributed by atoms with Crippen molar-refractivity contribution in [2.45, 2.75) is 26.3 Å². The highest BCUT2D eigenvalue weighted by Gasteiger charge is 2.42. The summed E-state index contributed by atoms with van der Waals surface area (Å²) in [6, 6.07) is 3.84. The quantitative estimate of drug-likeness (QED) is 0.465. The van der Waals surface area contributed by atoms with Crippen LogP contribution in [0.4, 0.5) is 5.69 Å². The van der Waals surface area contributed by atoms with Gasteiger partial charge in [0.25, 0.3) is 17.5 Å². The molecule has 0 spiro atoms. The third-order valence-corrected chi connectivity index (χ3v) is 3.15. The van der Waals surface area contributed by atoms with Gasteiger partial charge in [-0.3, -0.25) is 24.6 Å². The van der Waals surface area contributed by atoms with Crippen molar-refractivity contribution in [1.82, 2.24) is 4.90 Å². The molecule has 0 fully saturated rings. The molecular formula is C12H12N2O4. The van der Waals surface area contributed by atoms with E-state index in [4.69, 9.17) is 0 Å². The Morgan fingerprint density at radius 1 is 1.33 bits per heavy atom. The zero-order valence-electron chi connectivity index (χ0n) is 10.0. The van der Waals surface area contributed by atoms with Gasteiger partial charge in [0.15, 0.2) is 0 Å². The van der Waals surface area contributed by atoms with Crippen LogP contribution in [0.3, 0.4) is 0 Å². The van der Waals surface area contributed by atoms with E-state index in [9.17, 15) is 19.7 Å². The van der Waals surface area contributed by atoms with Gasteiger partial charge in [-0.15, -0.1) is 0 Å². The highest BCUT2D eigenvalue weighted by molar-refractivity contribution is 6.23. The fourth-order valence-electron chi connectivity index (χ4n) is 2.02. The van der Waals surface area contributed by atoms with Crippen molar-refractivity contribution in [2.24, 2.45) is 0 Å². The molecule has 6 nitrogen and oxygen atoms in total. The lowest BCUT2D eigenvalue weighted by Gasteiger charge is -2.20. The standard InChI is InChI=1S/C12H12N2O4/c1-3-7(2)13-11(15)8-5-4-6-9(14(17)18)10(8)12(13)16/h4-7H,3H2,1-2H3/t7-/m1/s1. The predicted octanol–water partition coefficient (Wildman–Crippen LogP) is 1.99. The van der Waals surface area contributed by atoms with Crippen LogP contribution in [0.2, 0.25) is 0 Å². The number of carbonyl (C=O) groups is 2. The first kappa shape index (κ1) is 12.2. The van der Waals surface area contributed by atoms with Crippen LogP contribution in [0, 0.1) is 10.1 Å². The van der Waals surface area contributed by atoms with E-state index in [-0.39, 0.29) is 22.9 Å². The zero-order chi connectivity index (χ0) is 13.4. The molecule has 18 heavy (non-hydrogen) atoms. The van der Waals surface area contributed by atoms with Crippen LogP contribution in [0.25, 0.3) is 0 Å². The van der Waals surface area contributed by atoms with Crippen molar-refractivity contribution in [1.29, 1.82) is 0 Å². The first-order valence-electron chi connectivity index (χ1n) is 5.64. The Hall–Kier alpha value is -2.24. The van der Waals surface area contributed by atoms with Crippen LogP contribution in [-0.2, 0) is 0 Å². The van der Waals surface area contributed by atoms with Crippen LogP contribution in [0.5, 0.6) is 0 Å². The highest BCUT2D eigenvalue weighted by atomic mass is 16.6. The average molecular weight is 248 g/mol. The fourth-order valence-corrected chi connectivity index (χ4v) is 2.02. The number of carbonyl (C=O) groups excluding carboxylic acids is 2. The number of fused-ring (bicyclic) bond motifs is 1. The maximum atomic E-state index is 12.1. The van der Waals surface area contributed by atoms with Crippen LogP contribution in [0.15, 0.2) is 18.2 Å². The molecule has 0 unspecified atom stereocenters. The Kier molecular flexibility index (Phi) is 2.86. The Labute approximate surface area is 103 Å². The second kappa shape index (κ2) is 4.21. The van der Waals surface area contributed by atoms with E-state index in [1.807, 2.05) is 6.92 Å². The summed E-state index contributed by atoms with van der Waals surface area (Å²) in [7, 11) is 0. The van der Waals surface area contributed by atoms with Crippen molar-refractivity contribution in [3.05, 3.63) is 39.4 Å². The van der Waals surface area contributed by atoms with E-state index in [1.54, 1.807) is 6.92 Å². The number of nitro benzene ring substituents is 1. The second-order valence-corrected chi connectivity index (χ2v) is 4.19. The van der Waals surface area contributed by atoms with E-state index in [1.165, 1.54) is 18.2 Å². The van der Waals surface area contributed by atoms with E-state index in [0.717, 1.165) is 4.90 Å². The van der Waals surface area contributed by atoms with Gasteiger partial charge in [-0.1, -0.05) is 13.0 Å². The van der Waals surface area contributed by atoms with E-state index in [2.05, 4.69) is 0 Å². The molecule has 0 saturated carbocycles. The molecular weight excluding hydrogens is 236 g/mol. The largest absolute Gasteiger partial charge is 0.282 e. The van der Waals surface area contributed by atoms with Crippen molar-refractivity contribution in [3.63, 3.8) is 0 Å². The van der Waals surface area contributed by atoms with Gasteiger partial charge in [0.05, 0.1) is 10.5 Å². The molecule has 1 aromatic carbocycles. The average Bonchev–Trinajstić information content (AvgIpc) is 2.61. The molecule has 0 aromatic heterocycles. The van der Waals surface area contributed by atoms with Crippen LogP contribution >= 0.6 is 0 Å². The number of amides is 2. The monoisotopic (exact) mass is 248 g/mol. The molecule has 0 saturated heterocycles. The van der Waals surface area contributed by atoms with Crippen LogP contribution in [0.1, 0.15) is 41.0 Å². The summed E-state index contributed by atoms with van der Waals surface area (Å²) in [5, 5.41) is 10.9. The van der Waals surface area contributed by atoms with Crippen molar-refractivity contribution >= 4 is 17.5 Å². The highest BCUT2D eigenvalue weighted by Crippen LogP contribution is 2.32. The Morgan fingerprint density at radius 2 is 2.00 bits per heavy atom. The first-order chi connectivity index (χ1) is 8.49. The van der Waals surface area contributed by atoms with Crippen LogP contribution < -0.4 is 0 Å². The molecule has 1 atom stereocenters. The molecule has 6 heteroatoms. The normalized spacial score (nSPS) is 15.8. The zero-order valence-corrected chi connectivity index (χ0v) is 10.0. The lowest BCUT2D eigenvalue weighted by atomic mass is 10.1. The van der Waals surface area contributed by atoms with Gasteiger partial charge in [-0.25, -0.2) is 0 Å². The summed E-state index contributed by atoms with van der Waals surface area (Å²) < 4.78 is 0. The molecule has 0 aliphatic carbocycles. The smallest absolute Gasteiger partial charge is 0.271 e. The van der Waals surface area contributed by atoms with Gasteiger partial charge in [-0.2, -0.15) is 0 Å². The Balaban J connectivity index is 2.59. The molecule has 1 aliphatic heterocycles. The molecule has 1 aromatic rings. The number of hydrogen-bond donors (Lipinski definition) is 0. The second-order valence-electron chi connectivity index (χ2n) is 4.19. The Morgan fingerprint density at radius 3 is 2.56 bits per heavy atom. The van der Waals surface area contributed by atoms with Gasteiger partial charge in [0.2, 0.25) is 0 Å². The first-order valence-corrected chi connectivity index (χ1v) is 5.64. The summed E-state index contributed by atoms with van der Waals surface area (Å²) in [6.07, 6.45) is 0.610. The van der Waals surface area contributed by atoms with Crippen molar-refractivity contribution in [2.75, 3.05) is 0 Å². The minimum Gasteiger partial charge on any atom is -0.271 e. The number of hydrogen-bond acceptors (Lipinski definition) is 4. The minimum atomic E-state index is -0.635. The number of benzene rings is 1. The summed E-state index contributed by atoms with van der Waals surface area (Å²) in [5.74, 6) is -1.02. The van der Waals surface area contributed by atoms with Gasteiger partial charge in [0, 0.05) is 12.1 Å². The molecule has 0 bridgehead atoms. The number of nitro groups is 1. The molecule has 1 aliphatic rings. The predicted molar refractivity (Wildman–Crippen MR) is 63.3 cm³/mol. The van der Waals surface area contributed by atoms with E-state index >= 15 is 0 Å². The lowest BCUT2D eigenvalue weighted by Crippen LogP contribution is -2.37. The fraction of sp³-hybridized carbons (Fsp3) is 0.333. The van der Waals surface area contributed by atoms with Gasteiger partial charge in [0.1, 0.15) is 5.56 Å². The summed E-state index contributed by atoms with van der Waals surface area (Å²) >= 11 is 0. The Bertz CT molecular complexity index is 553. The maximum absolute atomic E-state index is 12.1. The summed E-state index contributed by atoms with van der Waals surface area (Å²) in [6.45, 7) is 3.59. The van der Waals surface area contributed by atoms with Crippen molar-refractivity contribution in [3.8, 4) is 0 Å². The minimum absolute atomic E-state index is 0.0900. The molecule has 2 amide bonds. The third-order valence-electron chi connectivity index (χ3n) is 3.15. The number of nitrogens with zero attached hydrogens (tertiary/aromatic N) is 2. The van der Waals surface area contributed by atoms with Gasteiger partial charge >= 0.3 is 0 Å². The third kappa shape index (κ3) is 1.57. The molecule has 2 rings (SSSR count). The molecule has 1 heterocycles. The molecule has 0 N–H and O–H groups in total. The van der Waals surface area contributed by atoms with E-state index < -0.39 is 16.7 Å². The summed E-state index contributed by atoms with van der Waals surface area (Å²) in [5.41, 5.74) is -0.279. The SMILES string of the molecule is CC[C@@H](C)N1C(=O)c2cccc([N+](=O)[O-])c2C1=O. The van der Waals surface area contributed by atoms with Gasteiger partial charge in [-0.05, 0) is 19.4 Å². The maximum Gasteiger partial charge on any atom is 0.282 e. The van der Waals surface area contributed by atoms with Crippen LogP contribution in [-0.4, -0.2) is 27.7 Å². The lowest BCUT2D eigenvalue weighted by molar-refractivity contribution is -0.385. The summed E-state index contributed by atoms with van der Waals surface area (Å²) in [4.78, 5) is 35.5. The number of imide groups is 1. The van der Waals surface area contributed by atoms with Crippen molar-refractivity contribution < 1.29 is 14.5 Å². The van der Waals surface area contributed by atoms with Gasteiger partial charge < -0.3 is 0 Å². The molecule has 94 valence electrons. The topological polar surface area (TPSA) is 80.5 Å². The number of rotatable bonds is 3.